The van der Waals surface area contributed by atoms with Crippen LogP contribution in [-0.4, -0.2) is 21.6 Å². The SMILES string of the molecule is Cc1cc(C(C)(O)CNc2cncc(Cl)n2)c(C)o1. The lowest BCUT2D eigenvalue weighted by atomic mass is 9.96. The van der Waals surface area contributed by atoms with E-state index in [1.807, 2.05) is 19.9 Å². The van der Waals surface area contributed by atoms with Crippen LogP contribution in [0.25, 0.3) is 0 Å². The van der Waals surface area contributed by atoms with E-state index in [2.05, 4.69) is 15.3 Å². The van der Waals surface area contributed by atoms with Crippen molar-refractivity contribution < 1.29 is 9.52 Å². The lowest BCUT2D eigenvalue weighted by molar-refractivity contribution is 0.0698. The van der Waals surface area contributed by atoms with Crippen molar-refractivity contribution >= 4 is 17.4 Å². The summed E-state index contributed by atoms with van der Waals surface area (Å²) in [6.45, 7) is 5.68. The molecular weight excluding hydrogens is 266 g/mol. The zero-order chi connectivity index (χ0) is 14.0. The van der Waals surface area contributed by atoms with Gasteiger partial charge in [-0.05, 0) is 26.8 Å². The molecule has 19 heavy (non-hydrogen) atoms. The molecule has 0 saturated heterocycles. The number of anilines is 1. The first-order valence-electron chi connectivity index (χ1n) is 5.90. The fraction of sp³-hybridized carbons (Fsp3) is 0.385. The number of hydrogen-bond acceptors (Lipinski definition) is 5. The number of nitrogens with one attached hydrogen (secondary N) is 1. The molecular formula is C13H16ClN3O2. The summed E-state index contributed by atoms with van der Waals surface area (Å²) in [7, 11) is 0. The number of rotatable bonds is 4. The number of nitrogens with zero attached hydrogens (tertiary/aromatic N) is 2. The summed E-state index contributed by atoms with van der Waals surface area (Å²) in [5.41, 5.74) is -0.307. The molecule has 102 valence electrons. The third kappa shape index (κ3) is 3.24. The molecule has 2 aromatic rings. The van der Waals surface area contributed by atoms with E-state index in [4.69, 9.17) is 16.0 Å². The van der Waals surface area contributed by atoms with Crippen LogP contribution in [0.3, 0.4) is 0 Å². The lowest BCUT2D eigenvalue weighted by Crippen LogP contribution is -2.31. The van der Waals surface area contributed by atoms with Crippen molar-refractivity contribution in [3.05, 3.63) is 40.7 Å². The lowest BCUT2D eigenvalue weighted by Gasteiger charge is -2.23. The Hall–Kier alpha value is -1.59. The molecule has 0 aliphatic heterocycles. The van der Waals surface area contributed by atoms with E-state index in [1.54, 1.807) is 13.1 Å². The first kappa shape index (κ1) is 13.8. The van der Waals surface area contributed by atoms with Crippen molar-refractivity contribution in [2.24, 2.45) is 0 Å². The minimum Gasteiger partial charge on any atom is -0.466 e. The van der Waals surface area contributed by atoms with E-state index in [9.17, 15) is 5.11 Å². The van der Waals surface area contributed by atoms with Gasteiger partial charge in [0.25, 0.3) is 0 Å². The number of aryl methyl sites for hydroxylation is 2. The molecule has 0 bridgehead atoms. The highest BCUT2D eigenvalue weighted by Gasteiger charge is 2.27. The first-order chi connectivity index (χ1) is 8.88. The van der Waals surface area contributed by atoms with Gasteiger partial charge >= 0.3 is 0 Å². The first-order valence-corrected chi connectivity index (χ1v) is 6.27. The molecule has 0 amide bonds. The van der Waals surface area contributed by atoms with Gasteiger partial charge < -0.3 is 14.8 Å². The van der Waals surface area contributed by atoms with Crippen LogP contribution in [0, 0.1) is 13.8 Å². The van der Waals surface area contributed by atoms with Crippen LogP contribution in [-0.2, 0) is 5.60 Å². The monoisotopic (exact) mass is 281 g/mol. The van der Waals surface area contributed by atoms with Gasteiger partial charge in [-0.2, -0.15) is 0 Å². The fourth-order valence-electron chi connectivity index (χ4n) is 1.95. The van der Waals surface area contributed by atoms with Crippen molar-refractivity contribution in [1.82, 2.24) is 9.97 Å². The van der Waals surface area contributed by atoms with Crippen LogP contribution in [0.15, 0.2) is 22.9 Å². The Balaban J connectivity index is 2.11. The smallest absolute Gasteiger partial charge is 0.149 e. The molecule has 2 N–H and O–H groups in total. The van der Waals surface area contributed by atoms with Crippen molar-refractivity contribution in [2.45, 2.75) is 26.4 Å². The molecule has 6 heteroatoms. The van der Waals surface area contributed by atoms with Crippen molar-refractivity contribution in [2.75, 3.05) is 11.9 Å². The Kier molecular flexibility index (Phi) is 3.78. The molecule has 1 atom stereocenters. The van der Waals surface area contributed by atoms with Crippen LogP contribution in [0.1, 0.15) is 24.0 Å². The van der Waals surface area contributed by atoms with Gasteiger partial charge in [0.1, 0.15) is 28.1 Å². The number of hydrogen-bond donors (Lipinski definition) is 2. The number of halogens is 1. The number of aromatic nitrogens is 2. The van der Waals surface area contributed by atoms with Gasteiger partial charge in [-0.1, -0.05) is 11.6 Å². The maximum absolute atomic E-state index is 10.5. The highest BCUT2D eigenvalue weighted by Crippen LogP contribution is 2.27. The summed E-state index contributed by atoms with van der Waals surface area (Å²) in [4.78, 5) is 7.98. The summed E-state index contributed by atoms with van der Waals surface area (Å²) in [6, 6.07) is 1.83. The topological polar surface area (TPSA) is 71.2 Å². The van der Waals surface area contributed by atoms with E-state index in [1.165, 1.54) is 6.20 Å². The largest absolute Gasteiger partial charge is 0.466 e. The molecule has 5 nitrogen and oxygen atoms in total. The van der Waals surface area contributed by atoms with Crippen LogP contribution >= 0.6 is 11.6 Å². The van der Waals surface area contributed by atoms with E-state index < -0.39 is 5.60 Å². The molecule has 2 heterocycles. The van der Waals surface area contributed by atoms with Crippen LogP contribution in [0.5, 0.6) is 0 Å². The maximum atomic E-state index is 10.5. The highest BCUT2D eigenvalue weighted by molar-refractivity contribution is 6.29. The summed E-state index contributed by atoms with van der Waals surface area (Å²) in [5, 5.41) is 13.8. The summed E-state index contributed by atoms with van der Waals surface area (Å²) in [6.07, 6.45) is 3.00. The van der Waals surface area contributed by atoms with E-state index >= 15 is 0 Å². The van der Waals surface area contributed by atoms with Crippen LogP contribution in [0.2, 0.25) is 5.15 Å². The average Bonchev–Trinajstić information content (AvgIpc) is 2.67. The zero-order valence-electron chi connectivity index (χ0n) is 11.1. The number of aliphatic hydroxyl groups is 1. The summed E-state index contributed by atoms with van der Waals surface area (Å²) >= 11 is 5.75. The second-order valence-electron chi connectivity index (χ2n) is 4.68. The third-order valence-electron chi connectivity index (χ3n) is 2.84. The van der Waals surface area contributed by atoms with Gasteiger partial charge in [-0.25, -0.2) is 4.98 Å². The molecule has 0 saturated carbocycles. The molecule has 0 aromatic carbocycles. The molecule has 0 aliphatic carbocycles. The molecule has 0 aliphatic rings. The predicted octanol–water partition coefficient (Wildman–Crippen LogP) is 2.66. The van der Waals surface area contributed by atoms with E-state index in [-0.39, 0.29) is 6.54 Å². The Bertz CT molecular complexity index is 581. The van der Waals surface area contributed by atoms with Gasteiger partial charge in [0, 0.05) is 12.1 Å². The van der Waals surface area contributed by atoms with Gasteiger partial charge in [0.05, 0.1) is 12.4 Å². The highest BCUT2D eigenvalue weighted by atomic mass is 35.5. The van der Waals surface area contributed by atoms with Gasteiger partial charge in [0.15, 0.2) is 0 Å². The fourth-order valence-corrected chi connectivity index (χ4v) is 2.10. The summed E-state index contributed by atoms with van der Waals surface area (Å²) in [5.74, 6) is 2.00. The molecule has 0 spiro atoms. The molecule has 2 aromatic heterocycles. The predicted molar refractivity (Wildman–Crippen MR) is 73.3 cm³/mol. The molecule has 1 unspecified atom stereocenters. The van der Waals surface area contributed by atoms with Crippen LogP contribution < -0.4 is 5.32 Å². The molecule has 0 radical (unpaired) electrons. The van der Waals surface area contributed by atoms with E-state index in [0.29, 0.717) is 16.7 Å². The Morgan fingerprint density at radius 3 is 2.74 bits per heavy atom. The second-order valence-corrected chi connectivity index (χ2v) is 5.07. The quantitative estimate of drug-likeness (QED) is 0.901. The van der Waals surface area contributed by atoms with Gasteiger partial charge in [0.2, 0.25) is 0 Å². The number of furan rings is 1. The Labute approximate surface area is 116 Å². The van der Waals surface area contributed by atoms with Gasteiger partial charge in [-0.3, -0.25) is 4.98 Å². The van der Waals surface area contributed by atoms with Crippen molar-refractivity contribution in [3.8, 4) is 0 Å². The van der Waals surface area contributed by atoms with Crippen molar-refractivity contribution in [1.29, 1.82) is 0 Å². The second kappa shape index (κ2) is 5.19. The van der Waals surface area contributed by atoms with Crippen molar-refractivity contribution in [3.63, 3.8) is 0 Å². The van der Waals surface area contributed by atoms with Gasteiger partial charge in [-0.15, -0.1) is 0 Å². The molecule has 2 rings (SSSR count). The van der Waals surface area contributed by atoms with E-state index in [0.717, 1.165) is 11.3 Å². The molecule has 0 fully saturated rings. The standard InChI is InChI=1S/C13H16ClN3O2/c1-8-4-10(9(2)19-8)13(3,18)7-16-12-6-15-5-11(14)17-12/h4-6,18H,7H2,1-3H3,(H,16,17). The zero-order valence-corrected chi connectivity index (χ0v) is 11.8. The Morgan fingerprint density at radius 1 is 1.42 bits per heavy atom. The maximum Gasteiger partial charge on any atom is 0.149 e. The average molecular weight is 282 g/mol. The minimum absolute atomic E-state index is 0.280. The van der Waals surface area contributed by atoms with Crippen LogP contribution in [0.4, 0.5) is 5.82 Å². The Morgan fingerprint density at radius 2 is 2.16 bits per heavy atom. The third-order valence-corrected chi connectivity index (χ3v) is 3.02. The minimum atomic E-state index is -1.06. The normalized spacial score (nSPS) is 14.2. The summed E-state index contributed by atoms with van der Waals surface area (Å²) < 4.78 is 5.44.